The fraction of sp³-hybridized carbons (Fsp3) is 0.292. The Balaban J connectivity index is 0.000000384. The quantitative estimate of drug-likeness (QED) is 0.268. The smallest absolute Gasteiger partial charge is 0.490 e. The number of hydrogen-bond donors (Lipinski definition) is 3. The molecular formula is C24H23F3N4O3S2. The van der Waals surface area contributed by atoms with E-state index in [4.69, 9.17) is 9.90 Å². The summed E-state index contributed by atoms with van der Waals surface area (Å²) in [7, 11) is 0. The average Bonchev–Trinajstić information content (AvgIpc) is 3.47. The first-order chi connectivity index (χ1) is 17.2. The summed E-state index contributed by atoms with van der Waals surface area (Å²) in [6.07, 6.45) is 0.509. The number of piperidine rings is 1. The van der Waals surface area contributed by atoms with Crippen LogP contribution in [0.1, 0.15) is 24.8 Å². The van der Waals surface area contributed by atoms with Crippen molar-refractivity contribution in [2.75, 3.05) is 18.4 Å². The number of halogens is 3. The summed E-state index contributed by atoms with van der Waals surface area (Å²) < 4.78 is 32.8. The third-order valence-electron chi connectivity index (χ3n) is 5.41. The molecular weight excluding hydrogens is 513 g/mol. The second kappa shape index (κ2) is 11.2. The molecule has 0 saturated carbocycles. The molecule has 0 amide bonds. The van der Waals surface area contributed by atoms with Gasteiger partial charge in [-0.3, -0.25) is 4.90 Å². The van der Waals surface area contributed by atoms with Crippen LogP contribution in [0.4, 0.5) is 24.7 Å². The van der Waals surface area contributed by atoms with Crippen LogP contribution in [-0.4, -0.2) is 50.3 Å². The van der Waals surface area contributed by atoms with Crippen LogP contribution in [0, 0.1) is 0 Å². The number of nitrogens with zero attached hydrogens (tertiary/aromatic N) is 3. The lowest BCUT2D eigenvalue weighted by atomic mass is 10.1. The van der Waals surface area contributed by atoms with Crippen LogP contribution in [0.3, 0.4) is 0 Å². The Morgan fingerprint density at radius 1 is 1.08 bits per heavy atom. The van der Waals surface area contributed by atoms with E-state index in [1.54, 1.807) is 41.1 Å². The monoisotopic (exact) mass is 536 g/mol. The molecule has 1 aliphatic rings. The van der Waals surface area contributed by atoms with Crippen LogP contribution < -0.4 is 5.32 Å². The van der Waals surface area contributed by atoms with Crippen molar-refractivity contribution < 1.29 is 28.2 Å². The summed E-state index contributed by atoms with van der Waals surface area (Å²) in [6, 6.07) is 11.5. The molecule has 0 spiro atoms. The fourth-order valence-electron chi connectivity index (χ4n) is 3.75. The Bertz CT molecular complexity index is 1330. The van der Waals surface area contributed by atoms with Gasteiger partial charge in [0.25, 0.3) is 0 Å². The van der Waals surface area contributed by atoms with Gasteiger partial charge in [0.05, 0.1) is 10.2 Å². The van der Waals surface area contributed by atoms with Crippen molar-refractivity contribution in [1.29, 1.82) is 0 Å². The molecule has 1 saturated heterocycles. The van der Waals surface area contributed by atoms with E-state index < -0.39 is 12.1 Å². The number of carbonyl (C=O) groups is 1. The molecule has 5 rings (SSSR count). The summed E-state index contributed by atoms with van der Waals surface area (Å²) in [5.74, 6) is -1.76. The van der Waals surface area contributed by atoms with Crippen LogP contribution in [0.25, 0.3) is 20.0 Å². The Labute approximate surface area is 212 Å². The van der Waals surface area contributed by atoms with Crippen LogP contribution in [-0.2, 0) is 11.3 Å². The van der Waals surface area contributed by atoms with Gasteiger partial charge < -0.3 is 15.5 Å². The minimum atomic E-state index is -5.08. The molecule has 0 unspecified atom stereocenters. The largest absolute Gasteiger partial charge is 0.508 e. The van der Waals surface area contributed by atoms with E-state index in [0.717, 1.165) is 28.3 Å². The lowest BCUT2D eigenvalue weighted by Crippen LogP contribution is -2.28. The van der Waals surface area contributed by atoms with E-state index in [1.807, 2.05) is 12.1 Å². The van der Waals surface area contributed by atoms with Gasteiger partial charge in [-0.15, -0.1) is 22.7 Å². The van der Waals surface area contributed by atoms with Crippen molar-refractivity contribution >= 4 is 50.4 Å². The molecule has 190 valence electrons. The van der Waals surface area contributed by atoms with Crippen molar-refractivity contribution in [3.8, 4) is 15.5 Å². The summed E-state index contributed by atoms with van der Waals surface area (Å²) in [5, 5.41) is 22.4. The summed E-state index contributed by atoms with van der Waals surface area (Å²) >= 11 is 3.51. The maximum absolute atomic E-state index is 10.6. The number of hydrogen-bond acceptors (Lipinski definition) is 8. The molecule has 0 aliphatic carbocycles. The standard InChI is InChI=1S/C22H22N4OS2.C2HF3O2/c27-17-6-4-5-16(10-17)25-22-21-18(23-14-24-22)11-20(29-21)19-9-15(13-28-19)12-26-7-2-1-3-8-26;3-2(4,5)1(6)7/h4-6,9-11,13-14,27H,1-3,7-8,12H2,(H,23,24,25);(H,6,7). The number of aromatic nitrogens is 2. The zero-order valence-corrected chi connectivity index (χ0v) is 20.6. The molecule has 3 N–H and O–H groups in total. The minimum Gasteiger partial charge on any atom is -0.508 e. The number of alkyl halides is 3. The molecule has 4 aromatic rings. The molecule has 1 aromatic carbocycles. The summed E-state index contributed by atoms with van der Waals surface area (Å²) in [4.78, 5) is 22.8. The maximum Gasteiger partial charge on any atom is 0.490 e. The van der Waals surface area contributed by atoms with Gasteiger partial charge in [0, 0.05) is 28.1 Å². The fourth-order valence-corrected chi connectivity index (χ4v) is 5.80. The lowest BCUT2D eigenvalue weighted by molar-refractivity contribution is -0.192. The third kappa shape index (κ3) is 6.71. The SMILES string of the molecule is O=C(O)C(F)(F)F.Oc1cccc(Nc2ncnc3cc(-c4cc(CN5CCCCC5)cs4)sc23)c1. The Morgan fingerprint density at radius 3 is 2.53 bits per heavy atom. The van der Waals surface area contributed by atoms with Crippen molar-refractivity contribution in [3.63, 3.8) is 0 Å². The average molecular weight is 537 g/mol. The number of aromatic hydroxyl groups is 1. The third-order valence-corrected chi connectivity index (χ3v) is 7.72. The highest BCUT2D eigenvalue weighted by Gasteiger charge is 2.38. The van der Waals surface area contributed by atoms with Gasteiger partial charge in [0.2, 0.25) is 0 Å². The van der Waals surface area contributed by atoms with E-state index in [-0.39, 0.29) is 5.75 Å². The number of nitrogens with one attached hydrogen (secondary N) is 1. The van der Waals surface area contributed by atoms with E-state index >= 15 is 0 Å². The van der Waals surface area contributed by atoms with Crippen LogP contribution in [0.5, 0.6) is 5.75 Å². The molecule has 12 heteroatoms. The predicted molar refractivity (Wildman–Crippen MR) is 135 cm³/mol. The second-order valence-corrected chi connectivity index (χ2v) is 10.1. The molecule has 0 bridgehead atoms. The number of rotatable bonds is 5. The maximum atomic E-state index is 10.6. The van der Waals surface area contributed by atoms with Crippen molar-refractivity contribution in [2.24, 2.45) is 0 Å². The Hall–Kier alpha value is -3.22. The van der Waals surface area contributed by atoms with Crippen molar-refractivity contribution in [2.45, 2.75) is 32.0 Å². The molecule has 1 fully saturated rings. The van der Waals surface area contributed by atoms with E-state index in [9.17, 15) is 18.3 Å². The first-order valence-electron chi connectivity index (χ1n) is 11.1. The van der Waals surface area contributed by atoms with Gasteiger partial charge in [-0.1, -0.05) is 12.5 Å². The molecule has 4 heterocycles. The van der Waals surface area contributed by atoms with Gasteiger partial charge in [-0.25, -0.2) is 14.8 Å². The number of likely N-dealkylation sites (tertiary alicyclic amines) is 1. The van der Waals surface area contributed by atoms with E-state index in [0.29, 0.717) is 0 Å². The van der Waals surface area contributed by atoms with Gasteiger partial charge >= 0.3 is 12.1 Å². The van der Waals surface area contributed by atoms with Crippen molar-refractivity contribution in [1.82, 2.24) is 14.9 Å². The number of aliphatic carboxylic acids is 1. The van der Waals surface area contributed by atoms with Crippen LogP contribution in [0.2, 0.25) is 0 Å². The molecule has 3 aromatic heterocycles. The van der Waals surface area contributed by atoms with Gasteiger partial charge in [-0.2, -0.15) is 13.2 Å². The van der Waals surface area contributed by atoms with Gasteiger partial charge in [0.15, 0.2) is 5.82 Å². The first kappa shape index (κ1) is 25.9. The Kier molecular flexibility index (Phi) is 8.07. The van der Waals surface area contributed by atoms with Gasteiger partial charge in [0.1, 0.15) is 12.1 Å². The number of phenols is 1. The van der Waals surface area contributed by atoms with E-state index in [1.165, 1.54) is 47.7 Å². The molecule has 1 aliphatic heterocycles. The van der Waals surface area contributed by atoms with Crippen LogP contribution >= 0.6 is 22.7 Å². The number of thiophene rings is 2. The molecule has 36 heavy (non-hydrogen) atoms. The number of fused-ring (bicyclic) bond motifs is 1. The van der Waals surface area contributed by atoms with Crippen molar-refractivity contribution in [3.05, 3.63) is 53.7 Å². The number of phenolic OH excluding ortho intramolecular Hbond substituents is 1. The van der Waals surface area contributed by atoms with E-state index in [2.05, 4.69) is 37.7 Å². The first-order valence-corrected chi connectivity index (χ1v) is 12.8. The zero-order valence-electron chi connectivity index (χ0n) is 19.0. The summed E-state index contributed by atoms with van der Waals surface area (Å²) in [6.45, 7) is 3.48. The highest BCUT2D eigenvalue weighted by atomic mass is 32.1. The molecule has 0 atom stereocenters. The number of carboxylic acids is 1. The topological polar surface area (TPSA) is 98.6 Å². The minimum absolute atomic E-state index is 0.229. The lowest BCUT2D eigenvalue weighted by Gasteiger charge is -2.25. The molecule has 0 radical (unpaired) electrons. The predicted octanol–water partition coefficient (Wildman–Crippen LogP) is 6.49. The molecule has 7 nitrogen and oxygen atoms in total. The highest BCUT2D eigenvalue weighted by molar-refractivity contribution is 7.26. The normalized spacial score (nSPS) is 14.3. The number of carboxylic acid groups (broad SMARTS) is 1. The number of anilines is 2. The van der Waals surface area contributed by atoms with Crippen LogP contribution in [0.15, 0.2) is 48.1 Å². The highest BCUT2D eigenvalue weighted by Crippen LogP contribution is 2.39. The Morgan fingerprint density at radius 2 is 1.83 bits per heavy atom. The zero-order chi connectivity index (χ0) is 25.7. The summed E-state index contributed by atoms with van der Waals surface area (Å²) in [5.41, 5.74) is 3.14. The van der Waals surface area contributed by atoms with Gasteiger partial charge in [-0.05, 0) is 61.1 Å². The second-order valence-electron chi connectivity index (χ2n) is 8.18. The number of benzene rings is 1.